The molecule has 0 aromatic heterocycles. The number of ether oxygens (including phenoxy) is 1. The van der Waals surface area contributed by atoms with Gasteiger partial charge in [0.2, 0.25) is 0 Å². The molecule has 0 radical (unpaired) electrons. The average Bonchev–Trinajstić information content (AvgIpc) is 2.19. The SMILES string of the molecule is CC1CCC(=O)C=CC(OS(C)(=O)=O)CC(=O)O1. The van der Waals surface area contributed by atoms with Gasteiger partial charge in [0.1, 0.15) is 6.10 Å². The minimum absolute atomic E-state index is 0.151. The topological polar surface area (TPSA) is 86.7 Å². The lowest BCUT2D eigenvalue weighted by molar-refractivity contribution is -0.150. The van der Waals surface area contributed by atoms with Crippen LogP contribution in [0.5, 0.6) is 0 Å². The molecule has 0 fully saturated rings. The molecule has 0 amide bonds. The summed E-state index contributed by atoms with van der Waals surface area (Å²) in [6, 6.07) is 0. The van der Waals surface area contributed by atoms with Crippen LogP contribution in [0.4, 0.5) is 0 Å². The van der Waals surface area contributed by atoms with Crippen molar-refractivity contribution in [3.8, 4) is 0 Å². The summed E-state index contributed by atoms with van der Waals surface area (Å²) < 4.78 is 31.7. The fourth-order valence-electron chi connectivity index (χ4n) is 1.50. The Hall–Kier alpha value is -1.21. The van der Waals surface area contributed by atoms with Gasteiger partial charge in [-0.2, -0.15) is 8.42 Å². The zero-order valence-electron chi connectivity index (χ0n) is 10.3. The van der Waals surface area contributed by atoms with Crippen molar-refractivity contribution in [1.29, 1.82) is 0 Å². The van der Waals surface area contributed by atoms with E-state index in [1.165, 1.54) is 12.2 Å². The van der Waals surface area contributed by atoms with E-state index in [1.807, 2.05) is 0 Å². The Kier molecular flexibility index (Phi) is 5.03. The first-order valence-electron chi connectivity index (χ1n) is 5.55. The highest BCUT2D eigenvalue weighted by Gasteiger charge is 2.21. The van der Waals surface area contributed by atoms with Gasteiger partial charge in [-0.15, -0.1) is 0 Å². The summed E-state index contributed by atoms with van der Waals surface area (Å²) in [5.41, 5.74) is 0. The monoisotopic (exact) mass is 276 g/mol. The van der Waals surface area contributed by atoms with Gasteiger partial charge in [-0.25, -0.2) is 0 Å². The molecular weight excluding hydrogens is 260 g/mol. The number of hydrogen-bond donors (Lipinski definition) is 0. The molecule has 0 aromatic rings. The molecule has 2 unspecified atom stereocenters. The Labute approximate surface area is 106 Å². The summed E-state index contributed by atoms with van der Waals surface area (Å²) in [6.07, 6.45) is 2.51. The van der Waals surface area contributed by atoms with E-state index in [4.69, 9.17) is 8.92 Å². The summed E-state index contributed by atoms with van der Waals surface area (Å²) in [6.45, 7) is 1.68. The standard InChI is InChI=1S/C11H16O6S/c1-8-3-4-9(12)5-6-10(7-11(13)16-8)17-18(2,14)15/h5-6,8,10H,3-4,7H2,1-2H3. The zero-order valence-corrected chi connectivity index (χ0v) is 11.1. The van der Waals surface area contributed by atoms with E-state index in [0.717, 1.165) is 6.26 Å². The highest BCUT2D eigenvalue weighted by Crippen LogP contribution is 2.12. The van der Waals surface area contributed by atoms with Gasteiger partial charge >= 0.3 is 5.97 Å². The van der Waals surface area contributed by atoms with Crippen LogP contribution < -0.4 is 0 Å². The van der Waals surface area contributed by atoms with Crippen LogP contribution >= 0.6 is 0 Å². The molecule has 0 saturated carbocycles. The van der Waals surface area contributed by atoms with Gasteiger partial charge in [-0.05, 0) is 19.4 Å². The molecule has 0 aliphatic carbocycles. The quantitative estimate of drug-likeness (QED) is 0.541. The molecule has 1 aliphatic rings. The molecular formula is C11H16O6S. The second-order valence-electron chi connectivity index (χ2n) is 4.21. The van der Waals surface area contributed by atoms with Crippen molar-refractivity contribution in [1.82, 2.24) is 0 Å². The molecule has 1 heterocycles. The Balaban J connectivity index is 2.83. The molecule has 102 valence electrons. The van der Waals surface area contributed by atoms with Crippen LogP contribution in [0.25, 0.3) is 0 Å². The van der Waals surface area contributed by atoms with E-state index in [9.17, 15) is 18.0 Å². The maximum atomic E-state index is 11.5. The third kappa shape index (κ3) is 5.92. The van der Waals surface area contributed by atoms with E-state index in [0.29, 0.717) is 6.42 Å². The zero-order chi connectivity index (χ0) is 13.8. The van der Waals surface area contributed by atoms with Crippen LogP contribution in [-0.2, 0) is 28.6 Å². The molecule has 1 aliphatic heterocycles. The molecule has 0 spiro atoms. The van der Waals surface area contributed by atoms with Gasteiger partial charge in [-0.3, -0.25) is 13.8 Å². The van der Waals surface area contributed by atoms with Crippen LogP contribution in [0, 0.1) is 0 Å². The Morgan fingerprint density at radius 1 is 1.39 bits per heavy atom. The van der Waals surface area contributed by atoms with Crippen molar-refractivity contribution >= 4 is 21.9 Å². The van der Waals surface area contributed by atoms with Crippen molar-refractivity contribution in [2.45, 2.75) is 38.4 Å². The van der Waals surface area contributed by atoms with Crippen LogP contribution in [0.2, 0.25) is 0 Å². The summed E-state index contributed by atoms with van der Waals surface area (Å²) in [4.78, 5) is 22.9. The summed E-state index contributed by atoms with van der Waals surface area (Å²) in [7, 11) is -3.70. The lowest BCUT2D eigenvalue weighted by Gasteiger charge is -2.17. The first-order valence-corrected chi connectivity index (χ1v) is 7.36. The smallest absolute Gasteiger partial charge is 0.309 e. The molecule has 2 atom stereocenters. The Morgan fingerprint density at radius 3 is 2.67 bits per heavy atom. The normalized spacial score (nSPS) is 26.8. The van der Waals surface area contributed by atoms with Crippen LogP contribution in [0.15, 0.2) is 12.2 Å². The summed E-state index contributed by atoms with van der Waals surface area (Å²) in [5, 5.41) is 0. The maximum Gasteiger partial charge on any atom is 0.309 e. The lowest BCUT2D eigenvalue weighted by Crippen LogP contribution is -2.24. The van der Waals surface area contributed by atoms with E-state index in [2.05, 4.69) is 0 Å². The van der Waals surface area contributed by atoms with E-state index >= 15 is 0 Å². The van der Waals surface area contributed by atoms with E-state index in [1.54, 1.807) is 6.92 Å². The molecule has 6 nitrogen and oxygen atoms in total. The Bertz CT molecular complexity index is 450. The van der Waals surface area contributed by atoms with Gasteiger partial charge in [0.25, 0.3) is 10.1 Å². The molecule has 18 heavy (non-hydrogen) atoms. The first-order chi connectivity index (χ1) is 8.26. The molecule has 7 heteroatoms. The van der Waals surface area contributed by atoms with Gasteiger partial charge in [0.05, 0.1) is 18.8 Å². The number of carbonyl (C=O) groups is 2. The number of rotatable bonds is 2. The van der Waals surface area contributed by atoms with Crippen molar-refractivity contribution < 1.29 is 26.9 Å². The number of carbonyl (C=O) groups excluding carboxylic acids is 2. The minimum Gasteiger partial charge on any atom is -0.463 e. The van der Waals surface area contributed by atoms with Crippen molar-refractivity contribution in [2.75, 3.05) is 6.26 Å². The number of hydrogen-bond acceptors (Lipinski definition) is 6. The van der Waals surface area contributed by atoms with Gasteiger partial charge < -0.3 is 4.74 Å². The number of allylic oxidation sites excluding steroid dienone is 1. The highest BCUT2D eigenvalue weighted by molar-refractivity contribution is 7.86. The highest BCUT2D eigenvalue weighted by atomic mass is 32.2. The third-order valence-corrected chi connectivity index (χ3v) is 2.89. The second-order valence-corrected chi connectivity index (χ2v) is 5.81. The van der Waals surface area contributed by atoms with Crippen molar-refractivity contribution in [3.05, 3.63) is 12.2 Å². The van der Waals surface area contributed by atoms with Crippen molar-refractivity contribution in [3.63, 3.8) is 0 Å². The minimum atomic E-state index is -3.70. The van der Waals surface area contributed by atoms with E-state index in [-0.39, 0.29) is 24.7 Å². The predicted octanol–water partition coefficient (Wildman–Crippen LogP) is 0.572. The molecule has 0 saturated heterocycles. The average molecular weight is 276 g/mol. The lowest BCUT2D eigenvalue weighted by atomic mass is 10.1. The first kappa shape index (κ1) is 14.8. The van der Waals surface area contributed by atoms with Gasteiger partial charge in [0.15, 0.2) is 5.78 Å². The number of cyclic esters (lactones) is 1. The molecule has 0 N–H and O–H groups in total. The van der Waals surface area contributed by atoms with Crippen LogP contribution in [0.3, 0.4) is 0 Å². The van der Waals surface area contributed by atoms with Gasteiger partial charge in [0, 0.05) is 6.42 Å². The Morgan fingerprint density at radius 2 is 2.06 bits per heavy atom. The largest absolute Gasteiger partial charge is 0.463 e. The van der Waals surface area contributed by atoms with Crippen LogP contribution in [0.1, 0.15) is 26.2 Å². The van der Waals surface area contributed by atoms with Crippen molar-refractivity contribution in [2.24, 2.45) is 0 Å². The van der Waals surface area contributed by atoms with Crippen LogP contribution in [-0.4, -0.2) is 38.6 Å². The number of esters is 1. The second kappa shape index (κ2) is 6.10. The summed E-state index contributed by atoms with van der Waals surface area (Å²) in [5.74, 6) is -0.697. The van der Waals surface area contributed by atoms with E-state index < -0.39 is 22.2 Å². The summed E-state index contributed by atoms with van der Waals surface area (Å²) >= 11 is 0. The number of ketones is 1. The third-order valence-electron chi connectivity index (χ3n) is 2.29. The fourth-order valence-corrected chi connectivity index (χ4v) is 2.08. The maximum absolute atomic E-state index is 11.5. The van der Waals surface area contributed by atoms with Gasteiger partial charge in [-0.1, -0.05) is 6.08 Å². The molecule has 1 rings (SSSR count). The predicted molar refractivity (Wildman–Crippen MR) is 63.3 cm³/mol. The molecule has 0 bridgehead atoms. The fraction of sp³-hybridized carbons (Fsp3) is 0.636. The molecule has 0 aromatic carbocycles.